The fourth-order valence-corrected chi connectivity index (χ4v) is 2.26. The average Bonchev–Trinajstić information content (AvgIpc) is 2.35. The molecule has 0 aliphatic carbocycles. The Morgan fingerprint density at radius 2 is 2.12 bits per heavy atom. The molecule has 0 radical (unpaired) electrons. The van der Waals surface area contributed by atoms with Crippen molar-refractivity contribution in [1.29, 1.82) is 0 Å². The molecule has 3 nitrogen and oxygen atoms in total. The van der Waals surface area contributed by atoms with Crippen molar-refractivity contribution in [1.82, 2.24) is 4.90 Å². The molecule has 0 aromatic heterocycles. The van der Waals surface area contributed by atoms with Crippen LogP contribution in [0.5, 0.6) is 5.75 Å². The lowest BCUT2D eigenvalue weighted by atomic mass is 9.95. The normalized spacial score (nSPS) is 25.8. The van der Waals surface area contributed by atoms with E-state index in [1.165, 1.54) is 0 Å². The van der Waals surface area contributed by atoms with Gasteiger partial charge in [0.1, 0.15) is 12.4 Å². The molecule has 1 aromatic carbocycles. The van der Waals surface area contributed by atoms with E-state index in [-0.39, 0.29) is 0 Å². The number of nitrogens with two attached hydrogens (primary N) is 1. The number of benzene rings is 1. The van der Waals surface area contributed by atoms with Gasteiger partial charge in [-0.1, -0.05) is 25.1 Å². The summed E-state index contributed by atoms with van der Waals surface area (Å²) in [7, 11) is 0. The Balaban J connectivity index is 1.69. The monoisotopic (exact) mass is 234 g/mol. The van der Waals surface area contributed by atoms with E-state index in [2.05, 4.69) is 11.8 Å². The van der Waals surface area contributed by atoms with Crippen molar-refractivity contribution in [3.63, 3.8) is 0 Å². The van der Waals surface area contributed by atoms with E-state index >= 15 is 0 Å². The molecule has 2 N–H and O–H groups in total. The van der Waals surface area contributed by atoms with Gasteiger partial charge in [-0.2, -0.15) is 0 Å². The minimum atomic E-state index is 0.376. The summed E-state index contributed by atoms with van der Waals surface area (Å²) in [5.41, 5.74) is 6.00. The van der Waals surface area contributed by atoms with Crippen LogP contribution in [0.3, 0.4) is 0 Å². The van der Waals surface area contributed by atoms with E-state index < -0.39 is 0 Å². The molecular formula is C14H22N2O. The Labute approximate surface area is 104 Å². The van der Waals surface area contributed by atoms with E-state index in [9.17, 15) is 0 Å². The SMILES string of the molecule is CC1CN(CCOc2ccccc2)CCC1N. The minimum absolute atomic E-state index is 0.376. The Morgan fingerprint density at radius 3 is 2.82 bits per heavy atom. The van der Waals surface area contributed by atoms with Crippen LogP contribution in [0, 0.1) is 5.92 Å². The summed E-state index contributed by atoms with van der Waals surface area (Å²) < 4.78 is 5.70. The summed E-state index contributed by atoms with van der Waals surface area (Å²) in [5.74, 6) is 1.55. The van der Waals surface area contributed by atoms with Gasteiger partial charge in [-0.05, 0) is 31.0 Å². The Bertz CT molecular complexity index is 328. The number of piperidine rings is 1. The van der Waals surface area contributed by atoms with Crippen LogP contribution in [-0.4, -0.2) is 37.2 Å². The van der Waals surface area contributed by atoms with Gasteiger partial charge in [-0.3, -0.25) is 4.90 Å². The Kier molecular flexibility index (Phi) is 4.40. The van der Waals surface area contributed by atoms with Gasteiger partial charge < -0.3 is 10.5 Å². The third-order valence-electron chi connectivity index (χ3n) is 3.48. The number of likely N-dealkylation sites (tertiary alicyclic amines) is 1. The van der Waals surface area contributed by atoms with Crippen molar-refractivity contribution in [2.75, 3.05) is 26.2 Å². The largest absolute Gasteiger partial charge is 0.492 e. The van der Waals surface area contributed by atoms with Crippen molar-refractivity contribution in [3.8, 4) is 5.75 Å². The molecule has 17 heavy (non-hydrogen) atoms. The minimum Gasteiger partial charge on any atom is -0.492 e. The molecule has 0 saturated carbocycles. The predicted octanol–water partition coefficient (Wildman–Crippen LogP) is 1.73. The first kappa shape index (κ1) is 12.4. The van der Waals surface area contributed by atoms with Gasteiger partial charge in [0.15, 0.2) is 0 Å². The molecular weight excluding hydrogens is 212 g/mol. The van der Waals surface area contributed by atoms with Crippen LogP contribution in [0.15, 0.2) is 30.3 Å². The van der Waals surface area contributed by atoms with Crippen LogP contribution in [0.1, 0.15) is 13.3 Å². The molecule has 1 aliphatic rings. The summed E-state index contributed by atoms with van der Waals surface area (Å²) >= 11 is 0. The van der Waals surface area contributed by atoms with Crippen LogP contribution in [0.4, 0.5) is 0 Å². The van der Waals surface area contributed by atoms with E-state index in [1.54, 1.807) is 0 Å². The molecule has 0 bridgehead atoms. The topological polar surface area (TPSA) is 38.5 Å². The second kappa shape index (κ2) is 6.03. The quantitative estimate of drug-likeness (QED) is 0.862. The molecule has 0 spiro atoms. The maximum absolute atomic E-state index is 6.00. The van der Waals surface area contributed by atoms with Gasteiger partial charge in [-0.25, -0.2) is 0 Å². The third kappa shape index (κ3) is 3.72. The molecule has 1 fully saturated rings. The average molecular weight is 234 g/mol. The Morgan fingerprint density at radius 1 is 1.35 bits per heavy atom. The van der Waals surface area contributed by atoms with Gasteiger partial charge >= 0.3 is 0 Å². The van der Waals surface area contributed by atoms with Crippen LogP contribution < -0.4 is 10.5 Å². The van der Waals surface area contributed by atoms with Crippen LogP contribution in [0.25, 0.3) is 0 Å². The van der Waals surface area contributed by atoms with Gasteiger partial charge in [0, 0.05) is 19.1 Å². The summed E-state index contributed by atoms with van der Waals surface area (Å²) in [5, 5.41) is 0. The fourth-order valence-electron chi connectivity index (χ4n) is 2.26. The van der Waals surface area contributed by atoms with Gasteiger partial charge in [0.05, 0.1) is 0 Å². The number of nitrogens with zero attached hydrogens (tertiary/aromatic N) is 1. The smallest absolute Gasteiger partial charge is 0.119 e. The highest BCUT2D eigenvalue weighted by Gasteiger charge is 2.22. The van der Waals surface area contributed by atoms with E-state index in [1.807, 2.05) is 30.3 Å². The number of para-hydroxylation sites is 1. The lowest BCUT2D eigenvalue weighted by Gasteiger charge is -2.34. The van der Waals surface area contributed by atoms with Crippen molar-refractivity contribution < 1.29 is 4.74 Å². The maximum atomic E-state index is 6.00. The zero-order chi connectivity index (χ0) is 12.1. The number of hydrogen-bond donors (Lipinski definition) is 1. The molecule has 2 atom stereocenters. The first-order chi connectivity index (χ1) is 8.25. The predicted molar refractivity (Wildman–Crippen MR) is 70.1 cm³/mol. The highest BCUT2D eigenvalue weighted by Crippen LogP contribution is 2.14. The molecule has 94 valence electrons. The zero-order valence-corrected chi connectivity index (χ0v) is 10.5. The van der Waals surface area contributed by atoms with Crippen molar-refractivity contribution in [2.45, 2.75) is 19.4 Å². The third-order valence-corrected chi connectivity index (χ3v) is 3.48. The standard InChI is InChI=1S/C14H22N2O/c1-12-11-16(8-7-14(12)15)9-10-17-13-5-3-2-4-6-13/h2-6,12,14H,7-11,15H2,1H3. The van der Waals surface area contributed by atoms with E-state index in [0.29, 0.717) is 12.0 Å². The maximum Gasteiger partial charge on any atom is 0.119 e. The fraction of sp³-hybridized carbons (Fsp3) is 0.571. The first-order valence-electron chi connectivity index (χ1n) is 6.41. The van der Waals surface area contributed by atoms with E-state index in [4.69, 9.17) is 10.5 Å². The van der Waals surface area contributed by atoms with Crippen molar-refractivity contribution in [2.24, 2.45) is 11.7 Å². The lowest BCUT2D eigenvalue weighted by molar-refractivity contribution is 0.140. The summed E-state index contributed by atoms with van der Waals surface area (Å²) in [6.07, 6.45) is 1.10. The van der Waals surface area contributed by atoms with Crippen molar-refractivity contribution >= 4 is 0 Å². The second-order valence-corrected chi connectivity index (χ2v) is 4.89. The molecule has 1 saturated heterocycles. The molecule has 3 heteroatoms. The van der Waals surface area contributed by atoms with Gasteiger partial charge in [0.25, 0.3) is 0 Å². The number of hydrogen-bond acceptors (Lipinski definition) is 3. The Hall–Kier alpha value is -1.06. The lowest BCUT2D eigenvalue weighted by Crippen LogP contribution is -2.46. The van der Waals surface area contributed by atoms with E-state index in [0.717, 1.165) is 38.4 Å². The second-order valence-electron chi connectivity index (χ2n) is 4.89. The molecule has 2 unspecified atom stereocenters. The first-order valence-corrected chi connectivity index (χ1v) is 6.41. The molecule has 1 aliphatic heterocycles. The van der Waals surface area contributed by atoms with Crippen LogP contribution in [-0.2, 0) is 0 Å². The van der Waals surface area contributed by atoms with Crippen molar-refractivity contribution in [3.05, 3.63) is 30.3 Å². The highest BCUT2D eigenvalue weighted by atomic mass is 16.5. The highest BCUT2D eigenvalue weighted by molar-refractivity contribution is 5.20. The zero-order valence-electron chi connectivity index (χ0n) is 10.5. The summed E-state index contributed by atoms with van der Waals surface area (Å²) in [4.78, 5) is 2.44. The number of ether oxygens (including phenoxy) is 1. The molecule has 1 aromatic rings. The van der Waals surface area contributed by atoms with Crippen LogP contribution >= 0.6 is 0 Å². The van der Waals surface area contributed by atoms with Gasteiger partial charge in [-0.15, -0.1) is 0 Å². The van der Waals surface area contributed by atoms with Crippen LogP contribution in [0.2, 0.25) is 0 Å². The molecule has 1 heterocycles. The van der Waals surface area contributed by atoms with Gasteiger partial charge in [0.2, 0.25) is 0 Å². The molecule has 2 rings (SSSR count). The summed E-state index contributed by atoms with van der Waals surface area (Å²) in [6, 6.07) is 10.4. The number of rotatable bonds is 4. The molecule has 0 amide bonds. The summed E-state index contributed by atoms with van der Waals surface area (Å²) in [6.45, 7) is 6.18.